The van der Waals surface area contributed by atoms with E-state index in [1.54, 1.807) is 13.0 Å². The van der Waals surface area contributed by atoms with Crippen molar-refractivity contribution in [1.82, 2.24) is 10.3 Å². The van der Waals surface area contributed by atoms with Crippen LogP contribution in [-0.4, -0.2) is 28.5 Å². The highest BCUT2D eigenvalue weighted by Crippen LogP contribution is 2.21. The van der Waals surface area contributed by atoms with Gasteiger partial charge in [0.15, 0.2) is 0 Å². The molecule has 1 aliphatic heterocycles. The summed E-state index contributed by atoms with van der Waals surface area (Å²) in [5, 5.41) is 17.4. The Labute approximate surface area is 106 Å². The number of anilines is 1. The molecule has 1 aromatic rings. The second kappa shape index (κ2) is 5.30. The molecule has 1 fully saturated rings. The number of aryl methyl sites for hydroxylation is 1. The average Bonchev–Trinajstić information content (AvgIpc) is 2.28. The zero-order chi connectivity index (χ0) is 13.1. The first-order valence-electron chi connectivity index (χ1n) is 6.17. The van der Waals surface area contributed by atoms with E-state index in [1.165, 1.54) is 6.20 Å². The Morgan fingerprint density at radius 3 is 3.00 bits per heavy atom. The van der Waals surface area contributed by atoms with Gasteiger partial charge in [-0.15, -0.1) is 0 Å². The zero-order valence-corrected chi connectivity index (χ0v) is 10.6. The molecule has 2 rings (SSSR count). The molecule has 1 saturated heterocycles. The summed E-state index contributed by atoms with van der Waals surface area (Å²) in [6.45, 7) is 4.88. The Balaban J connectivity index is 2.05. The van der Waals surface area contributed by atoms with Crippen molar-refractivity contribution >= 4 is 11.5 Å². The molecule has 18 heavy (non-hydrogen) atoms. The summed E-state index contributed by atoms with van der Waals surface area (Å²) in [6, 6.07) is 2.62. The van der Waals surface area contributed by atoms with E-state index in [9.17, 15) is 10.1 Å². The molecule has 2 N–H and O–H groups in total. The van der Waals surface area contributed by atoms with E-state index < -0.39 is 4.92 Å². The molecule has 1 aliphatic rings. The molecule has 0 spiro atoms. The molecule has 0 aromatic carbocycles. The summed E-state index contributed by atoms with van der Waals surface area (Å²) >= 11 is 0. The lowest BCUT2D eigenvalue weighted by Gasteiger charge is -2.29. The minimum atomic E-state index is -0.404. The van der Waals surface area contributed by atoms with Crippen LogP contribution in [0.2, 0.25) is 0 Å². The van der Waals surface area contributed by atoms with Gasteiger partial charge in [-0.05, 0) is 39.3 Å². The summed E-state index contributed by atoms with van der Waals surface area (Å²) in [6.07, 6.45) is 3.40. The lowest BCUT2D eigenvalue weighted by molar-refractivity contribution is -0.385. The lowest BCUT2D eigenvalue weighted by atomic mass is 10.0. The van der Waals surface area contributed by atoms with Crippen LogP contribution in [0.25, 0.3) is 0 Å². The van der Waals surface area contributed by atoms with Crippen LogP contribution in [0.4, 0.5) is 11.5 Å². The fourth-order valence-corrected chi connectivity index (χ4v) is 2.29. The third kappa shape index (κ3) is 2.95. The molecule has 2 atom stereocenters. The molecule has 2 heterocycles. The van der Waals surface area contributed by atoms with Gasteiger partial charge < -0.3 is 10.6 Å². The number of nitro groups is 1. The van der Waals surface area contributed by atoms with Crippen LogP contribution in [0.1, 0.15) is 25.3 Å². The Morgan fingerprint density at radius 1 is 1.61 bits per heavy atom. The average molecular weight is 250 g/mol. The molecule has 1 aromatic heterocycles. The second-order valence-electron chi connectivity index (χ2n) is 4.83. The molecule has 0 bridgehead atoms. The van der Waals surface area contributed by atoms with Gasteiger partial charge in [-0.25, -0.2) is 4.98 Å². The molecule has 0 radical (unpaired) electrons. The predicted octanol–water partition coefficient (Wildman–Crippen LogP) is 1.85. The molecule has 98 valence electrons. The third-order valence-electron chi connectivity index (χ3n) is 3.26. The SMILES string of the molecule is Cc1cc(NC2CCNC(C)C2)ncc1[N+](=O)[O-]. The van der Waals surface area contributed by atoms with Crippen molar-refractivity contribution < 1.29 is 4.92 Å². The number of nitrogens with zero attached hydrogens (tertiary/aromatic N) is 2. The van der Waals surface area contributed by atoms with Crippen LogP contribution in [0, 0.1) is 17.0 Å². The van der Waals surface area contributed by atoms with Crippen molar-refractivity contribution in [3.63, 3.8) is 0 Å². The second-order valence-corrected chi connectivity index (χ2v) is 4.83. The van der Waals surface area contributed by atoms with Crippen molar-refractivity contribution in [2.75, 3.05) is 11.9 Å². The largest absolute Gasteiger partial charge is 0.367 e. The number of hydrogen-bond donors (Lipinski definition) is 2. The molecule has 0 amide bonds. The Morgan fingerprint density at radius 2 is 2.39 bits per heavy atom. The van der Waals surface area contributed by atoms with Gasteiger partial charge in [-0.1, -0.05) is 0 Å². The fraction of sp³-hybridized carbons (Fsp3) is 0.583. The van der Waals surface area contributed by atoms with Gasteiger partial charge in [0.2, 0.25) is 0 Å². The summed E-state index contributed by atoms with van der Waals surface area (Å²) in [5.74, 6) is 0.720. The quantitative estimate of drug-likeness (QED) is 0.632. The van der Waals surface area contributed by atoms with Crippen LogP contribution in [-0.2, 0) is 0 Å². The smallest absolute Gasteiger partial charge is 0.290 e. The topological polar surface area (TPSA) is 80.1 Å². The van der Waals surface area contributed by atoms with E-state index in [0.717, 1.165) is 25.2 Å². The molecule has 6 heteroatoms. The van der Waals surface area contributed by atoms with Crippen molar-refractivity contribution in [3.05, 3.63) is 27.9 Å². The highest BCUT2D eigenvalue weighted by Gasteiger charge is 2.19. The minimum absolute atomic E-state index is 0.0687. The number of nitrogens with one attached hydrogen (secondary N) is 2. The number of hydrogen-bond acceptors (Lipinski definition) is 5. The predicted molar refractivity (Wildman–Crippen MR) is 69.7 cm³/mol. The lowest BCUT2D eigenvalue weighted by Crippen LogP contribution is -2.41. The highest BCUT2D eigenvalue weighted by molar-refractivity contribution is 5.47. The summed E-state index contributed by atoms with van der Waals surface area (Å²) in [5.41, 5.74) is 0.707. The van der Waals surface area contributed by atoms with Crippen molar-refractivity contribution in [2.45, 2.75) is 38.8 Å². The van der Waals surface area contributed by atoms with Gasteiger partial charge in [0.1, 0.15) is 12.0 Å². The van der Waals surface area contributed by atoms with Gasteiger partial charge in [0.25, 0.3) is 5.69 Å². The first-order valence-corrected chi connectivity index (χ1v) is 6.17. The summed E-state index contributed by atoms with van der Waals surface area (Å²) in [4.78, 5) is 14.4. The number of pyridine rings is 1. The van der Waals surface area contributed by atoms with E-state index in [4.69, 9.17) is 0 Å². The van der Waals surface area contributed by atoms with E-state index in [-0.39, 0.29) is 5.69 Å². The number of aromatic nitrogens is 1. The summed E-state index contributed by atoms with van der Waals surface area (Å²) < 4.78 is 0. The Hall–Kier alpha value is -1.69. The number of rotatable bonds is 3. The van der Waals surface area contributed by atoms with E-state index in [0.29, 0.717) is 17.6 Å². The van der Waals surface area contributed by atoms with E-state index >= 15 is 0 Å². The van der Waals surface area contributed by atoms with Crippen LogP contribution in [0.5, 0.6) is 0 Å². The van der Waals surface area contributed by atoms with Gasteiger partial charge >= 0.3 is 0 Å². The van der Waals surface area contributed by atoms with Crippen molar-refractivity contribution in [3.8, 4) is 0 Å². The van der Waals surface area contributed by atoms with Gasteiger partial charge in [0, 0.05) is 17.6 Å². The van der Waals surface area contributed by atoms with Gasteiger partial charge in [-0.2, -0.15) is 0 Å². The molecule has 0 aliphatic carbocycles. The maximum atomic E-state index is 10.7. The molecule has 0 saturated carbocycles. The van der Waals surface area contributed by atoms with E-state index in [2.05, 4.69) is 22.5 Å². The molecule has 6 nitrogen and oxygen atoms in total. The highest BCUT2D eigenvalue weighted by atomic mass is 16.6. The van der Waals surface area contributed by atoms with Crippen molar-refractivity contribution in [2.24, 2.45) is 0 Å². The molecular formula is C12H18N4O2. The van der Waals surface area contributed by atoms with Gasteiger partial charge in [-0.3, -0.25) is 10.1 Å². The Kier molecular flexibility index (Phi) is 3.76. The first-order chi connectivity index (χ1) is 8.56. The molecule has 2 unspecified atom stereocenters. The van der Waals surface area contributed by atoms with Crippen LogP contribution >= 0.6 is 0 Å². The number of piperidine rings is 1. The first kappa shape index (κ1) is 12.8. The zero-order valence-electron chi connectivity index (χ0n) is 10.6. The summed E-state index contributed by atoms with van der Waals surface area (Å²) in [7, 11) is 0. The standard InChI is InChI=1S/C12H18N4O2/c1-8-5-12(14-7-11(8)16(17)18)15-10-3-4-13-9(2)6-10/h5,7,9-10,13H,3-4,6H2,1-2H3,(H,14,15). The van der Waals surface area contributed by atoms with E-state index in [1.807, 2.05) is 0 Å². The normalized spacial score (nSPS) is 23.7. The Bertz CT molecular complexity index is 450. The van der Waals surface area contributed by atoms with Gasteiger partial charge in [0.05, 0.1) is 4.92 Å². The maximum Gasteiger partial charge on any atom is 0.290 e. The van der Waals surface area contributed by atoms with Crippen LogP contribution in [0.3, 0.4) is 0 Å². The fourth-order valence-electron chi connectivity index (χ4n) is 2.29. The third-order valence-corrected chi connectivity index (χ3v) is 3.26. The molecular weight excluding hydrogens is 232 g/mol. The van der Waals surface area contributed by atoms with Crippen molar-refractivity contribution in [1.29, 1.82) is 0 Å². The maximum absolute atomic E-state index is 10.7. The monoisotopic (exact) mass is 250 g/mol. The van der Waals surface area contributed by atoms with Crippen LogP contribution < -0.4 is 10.6 Å². The minimum Gasteiger partial charge on any atom is -0.367 e. The van der Waals surface area contributed by atoms with Crippen LogP contribution in [0.15, 0.2) is 12.3 Å².